The fourth-order valence-corrected chi connectivity index (χ4v) is 1.45. The lowest BCUT2D eigenvalue weighted by Crippen LogP contribution is -2.30. The molecule has 0 saturated carbocycles. The van der Waals surface area contributed by atoms with E-state index in [1.54, 1.807) is 7.11 Å². The second kappa shape index (κ2) is 7.32. The van der Waals surface area contributed by atoms with Crippen LogP contribution in [0.25, 0.3) is 0 Å². The van der Waals surface area contributed by atoms with Crippen molar-refractivity contribution in [1.29, 1.82) is 0 Å². The zero-order chi connectivity index (χ0) is 12.7. The smallest absolute Gasteiger partial charge is 0.159 e. The lowest BCUT2D eigenvalue weighted by Gasteiger charge is -2.11. The first-order valence-corrected chi connectivity index (χ1v) is 5.45. The van der Waals surface area contributed by atoms with Crippen LogP contribution < -0.4 is 5.32 Å². The summed E-state index contributed by atoms with van der Waals surface area (Å²) in [5.41, 5.74) is 0.574. The van der Waals surface area contributed by atoms with Crippen molar-refractivity contribution in [3.8, 4) is 0 Å². The summed E-state index contributed by atoms with van der Waals surface area (Å²) in [7, 11) is 1.60. The summed E-state index contributed by atoms with van der Waals surface area (Å²) in [6, 6.07) is 3.64. The minimum Gasteiger partial charge on any atom is -0.391 e. The fourth-order valence-electron chi connectivity index (χ4n) is 1.45. The molecule has 1 unspecified atom stereocenters. The minimum atomic E-state index is -0.887. The largest absolute Gasteiger partial charge is 0.391 e. The third-order valence-corrected chi connectivity index (χ3v) is 2.32. The monoisotopic (exact) mass is 245 g/mol. The molecule has 0 aliphatic rings. The molecular formula is C12H17F2NO2. The Labute approximate surface area is 99.4 Å². The molecule has 1 rings (SSSR count). The highest BCUT2D eigenvalue weighted by Crippen LogP contribution is 2.10. The molecule has 0 aromatic heterocycles. The van der Waals surface area contributed by atoms with Gasteiger partial charge in [0.25, 0.3) is 0 Å². The Balaban J connectivity index is 2.34. The van der Waals surface area contributed by atoms with Gasteiger partial charge in [0.1, 0.15) is 0 Å². The molecule has 0 bridgehead atoms. The lowest BCUT2D eigenvalue weighted by molar-refractivity contribution is 0.160. The van der Waals surface area contributed by atoms with Crippen LogP contribution in [-0.4, -0.2) is 38.0 Å². The van der Waals surface area contributed by atoms with Crippen LogP contribution in [-0.2, 0) is 11.2 Å². The Kier molecular flexibility index (Phi) is 6.04. The first-order valence-electron chi connectivity index (χ1n) is 5.45. The van der Waals surface area contributed by atoms with E-state index in [1.165, 1.54) is 6.07 Å². The van der Waals surface area contributed by atoms with Crippen LogP contribution in [0, 0.1) is 11.6 Å². The van der Waals surface area contributed by atoms with Crippen molar-refractivity contribution in [2.75, 3.05) is 26.8 Å². The van der Waals surface area contributed by atoms with Crippen LogP contribution in [0.4, 0.5) is 8.78 Å². The predicted octanol–water partition coefficient (Wildman–Crippen LogP) is 1.10. The molecule has 0 fully saturated rings. The van der Waals surface area contributed by atoms with Gasteiger partial charge in [-0.05, 0) is 24.1 Å². The first-order chi connectivity index (χ1) is 8.13. The van der Waals surface area contributed by atoms with E-state index in [4.69, 9.17) is 4.74 Å². The van der Waals surface area contributed by atoms with Gasteiger partial charge in [-0.1, -0.05) is 6.07 Å². The van der Waals surface area contributed by atoms with Crippen molar-refractivity contribution in [1.82, 2.24) is 5.32 Å². The molecule has 1 aromatic carbocycles. The quantitative estimate of drug-likeness (QED) is 0.707. The summed E-state index contributed by atoms with van der Waals surface area (Å²) in [5.74, 6) is -1.76. The van der Waals surface area contributed by atoms with Gasteiger partial charge in [0.05, 0.1) is 12.7 Å². The molecule has 96 valence electrons. The van der Waals surface area contributed by atoms with Crippen LogP contribution in [0.3, 0.4) is 0 Å². The van der Waals surface area contributed by atoms with Crippen LogP contribution in [0.5, 0.6) is 0 Å². The fraction of sp³-hybridized carbons (Fsp3) is 0.500. The molecule has 0 amide bonds. The van der Waals surface area contributed by atoms with Crippen molar-refractivity contribution in [3.05, 3.63) is 35.4 Å². The molecule has 0 saturated heterocycles. The van der Waals surface area contributed by atoms with Gasteiger partial charge < -0.3 is 15.2 Å². The topological polar surface area (TPSA) is 41.5 Å². The SMILES string of the molecule is COCCNCC(O)Cc1ccc(F)c(F)c1. The molecule has 0 aliphatic heterocycles. The summed E-state index contributed by atoms with van der Waals surface area (Å²) in [6.45, 7) is 1.60. The molecule has 0 radical (unpaired) electrons. The van der Waals surface area contributed by atoms with Crippen LogP contribution in [0.2, 0.25) is 0 Å². The van der Waals surface area contributed by atoms with Crippen LogP contribution in [0.1, 0.15) is 5.56 Å². The Morgan fingerprint density at radius 1 is 1.35 bits per heavy atom. The van der Waals surface area contributed by atoms with Crippen LogP contribution >= 0.6 is 0 Å². The number of nitrogens with one attached hydrogen (secondary N) is 1. The molecule has 2 N–H and O–H groups in total. The molecule has 17 heavy (non-hydrogen) atoms. The Morgan fingerprint density at radius 3 is 2.76 bits per heavy atom. The van der Waals surface area contributed by atoms with E-state index in [2.05, 4.69) is 5.32 Å². The molecule has 1 aromatic rings. The zero-order valence-electron chi connectivity index (χ0n) is 9.75. The van der Waals surface area contributed by atoms with E-state index in [-0.39, 0.29) is 6.42 Å². The number of hydrogen-bond donors (Lipinski definition) is 2. The van der Waals surface area contributed by atoms with E-state index >= 15 is 0 Å². The third-order valence-electron chi connectivity index (χ3n) is 2.32. The number of halogens is 2. The Morgan fingerprint density at radius 2 is 2.12 bits per heavy atom. The van der Waals surface area contributed by atoms with E-state index in [0.29, 0.717) is 25.3 Å². The number of ether oxygens (including phenoxy) is 1. The molecular weight excluding hydrogens is 228 g/mol. The normalized spacial score (nSPS) is 12.7. The lowest BCUT2D eigenvalue weighted by atomic mass is 10.1. The summed E-state index contributed by atoms with van der Waals surface area (Å²) in [6.07, 6.45) is -0.339. The van der Waals surface area contributed by atoms with Gasteiger partial charge in [0.2, 0.25) is 0 Å². The van der Waals surface area contributed by atoms with Gasteiger partial charge in [-0.2, -0.15) is 0 Å². The first kappa shape index (κ1) is 14.0. The second-order valence-corrected chi connectivity index (χ2v) is 3.80. The number of benzene rings is 1. The number of aliphatic hydroxyl groups is 1. The number of rotatable bonds is 7. The highest BCUT2D eigenvalue weighted by molar-refractivity contribution is 5.18. The van der Waals surface area contributed by atoms with Crippen molar-refractivity contribution < 1.29 is 18.6 Å². The number of methoxy groups -OCH3 is 1. The number of aliphatic hydroxyl groups excluding tert-OH is 1. The molecule has 0 spiro atoms. The number of hydrogen-bond acceptors (Lipinski definition) is 3. The third kappa shape index (κ3) is 5.21. The van der Waals surface area contributed by atoms with Gasteiger partial charge in [0, 0.05) is 20.2 Å². The average molecular weight is 245 g/mol. The van der Waals surface area contributed by atoms with Gasteiger partial charge in [-0.15, -0.1) is 0 Å². The van der Waals surface area contributed by atoms with E-state index < -0.39 is 17.7 Å². The van der Waals surface area contributed by atoms with Crippen molar-refractivity contribution in [2.45, 2.75) is 12.5 Å². The van der Waals surface area contributed by atoms with E-state index in [1.807, 2.05) is 0 Å². The van der Waals surface area contributed by atoms with E-state index in [9.17, 15) is 13.9 Å². The van der Waals surface area contributed by atoms with Crippen LogP contribution in [0.15, 0.2) is 18.2 Å². The molecule has 0 aliphatic carbocycles. The summed E-state index contributed by atoms with van der Waals surface area (Å²) in [5, 5.41) is 12.6. The average Bonchev–Trinajstić information content (AvgIpc) is 2.30. The van der Waals surface area contributed by atoms with Crippen molar-refractivity contribution in [3.63, 3.8) is 0 Å². The van der Waals surface area contributed by atoms with Crippen molar-refractivity contribution in [2.24, 2.45) is 0 Å². The zero-order valence-corrected chi connectivity index (χ0v) is 9.75. The Bertz CT molecular complexity index is 347. The van der Waals surface area contributed by atoms with Gasteiger partial charge in [-0.25, -0.2) is 8.78 Å². The highest BCUT2D eigenvalue weighted by atomic mass is 19.2. The molecule has 1 atom stereocenters. The maximum atomic E-state index is 12.9. The Hall–Kier alpha value is -1.04. The maximum Gasteiger partial charge on any atom is 0.159 e. The predicted molar refractivity (Wildman–Crippen MR) is 60.8 cm³/mol. The molecule has 0 heterocycles. The summed E-state index contributed by atoms with van der Waals surface area (Å²) < 4.78 is 30.4. The maximum absolute atomic E-state index is 12.9. The van der Waals surface area contributed by atoms with Gasteiger partial charge >= 0.3 is 0 Å². The van der Waals surface area contributed by atoms with Gasteiger partial charge in [0.15, 0.2) is 11.6 Å². The summed E-state index contributed by atoms with van der Waals surface area (Å²) in [4.78, 5) is 0. The summed E-state index contributed by atoms with van der Waals surface area (Å²) >= 11 is 0. The van der Waals surface area contributed by atoms with Crippen molar-refractivity contribution >= 4 is 0 Å². The minimum absolute atomic E-state index is 0.289. The molecule has 3 nitrogen and oxygen atoms in total. The highest BCUT2D eigenvalue weighted by Gasteiger charge is 2.08. The van der Waals surface area contributed by atoms with Gasteiger partial charge in [-0.3, -0.25) is 0 Å². The molecule has 5 heteroatoms. The van der Waals surface area contributed by atoms with E-state index in [0.717, 1.165) is 12.1 Å². The standard InChI is InChI=1S/C12H17F2NO2/c1-17-5-4-15-8-10(16)6-9-2-3-11(13)12(14)7-9/h2-3,7,10,15-16H,4-6,8H2,1H3. The second-order valence-electron chi connectivity index (χ2n) is 3.80.